The lowest BCUT2D eigenvalue weighted by molar-refractivity contribution is 0.690. The van der Waals surface area contributed by atoms with Gasteiger partial charge in [0, 0.05) is 6.21 Å². The van der Waals surface area contributed by atoms with Gasteiger partial charge in [-0.3, -0.25) is 5.43 Å². The van der Waals surface area contributed by atoms with Crippen LogP contribution in [-0.2, 0) is 0 Å². The Balaban J connectivity index is 2.31. The van der Waals surface area contributed by atoms with Crippen molar-refractivity contribution in [3.05, 3.63) is 30.3 Å². The molecule has 0 fully saturated rings. The van der Waals surface area contributed by atoms with E-state index in [-0.39, 0.29) is 0 Å². The van der Waals surface area contributed by atoms with E-state index in [4.69, 9.17) is 0 Å². The summed E-state index contributed by atoms with van der Waals surface area (Å²) >= 11 is 0. The molecule has 0 heterocycles. The van der Waals surface area contributed by atoms with E-state index in [1.165, 1.54) is 0 Å². The molecule has 70 valence electrons. The summed E-state index contributed by atoms with van der Waals surface area (Å²) in [5.41, 5.74) is 4.00. The quantitative estimate of drug-likeness (QED) is 0.553. The van der Waals surface area contributed by atoms with E-state index in [2.05, 4.69) is 24.4 Å². The van der Waals surface area contributed by atoms with Crippen LogP contribution in [0.1, 0.15) is 20.3 Å². The smallest absolute Gasteiger partial charge is 0.0561 e. The highest BCUT2D eigenvalue weighted by Gasteiger charge is 1.88. The van der Waals surface area contributed by atoms with Crippen LogP contribution in [0.3, 0.4) is 0 Å². The fraction of sp³-hybridized carbons (Fsp3) is 0.364. The molecule has 1 aromatic carbocycles. The van der Waals surface area contributed by atoms with Gasteiger partial charge in [-0.1, -0.05) is 32.0 Å². The molecule has 0 aliphatic heterocycles. The fourth-order valence-corrected chi connectivity index (χ4v) is 0.896. The molecule has 0 atom stereocenters. The summed E-state index contributed by atoms with van der Waals surface area (Å²) in [6.45, 7) is 4.35. The van der Waals surface area contributed by atoms with Gasteiger partial charge in [0.15, 0.2) is 0 Å². The van der Waals surface area contributed by atoms with Gasteiger partial charge in [0.2, 0.25) is 0 Å². The minimum absolute atomic E-state index is 0.668. The zero-order valence-electron chi connectivity index (χ0n) is 8.20. The molecule has 0 aliphatic carbocycles. The van der Waals surface area contributed by atoms with Gasteiger partial charge in [-0.05, 0) is 24.5 Å². The van der Waals surface area contributed by atoms with Crippen LogP contribution < -0.4 is 5.43 Å². The van der Waals surface area contributed by atoms with E-state index in [0.29, 0.717) is 5.92 Å². The SMILES string of the molecule is CC(C)C/C=N\Nc1ccccc1. The summed E-state index contributed by atoms with van der Waals surface area (Å²) in [5.74, 6) is 0.668. The summed E-state index contributed by atoms with van der Waals surface area (Å²) in [6, 6.07) is 9.95. The average molecular weight is 176 g/mol. The number of rotatable bonds is 4. The van der Waals surface area contributed by atoms with Crippen molar-refractivity contribution < 1.29 is 0 Å². The van der Waals surface area contributed by atoms with E-state index in [0.717, 1.165) is 12.1 Å². The van der Waals surface area contributed by atoms with Crippen molar-refractivity contribution in [2.45, 2.75) is 20.3 Å². The van der Waals surface area contributed by atoms with Crippen LogP contribution in [0.25, 0.3) is 0 Å². The summed E-state index contributed by atoms with van der Waals surface area (Å²) in [5, 5.41) is 4.11. The highest BCUT2D eigenvalue weighted by Crippen LogP contribution is 2.04. The normalized spacial score (nSPS) is 11.0. The second-order valence-electron chi connectivity index (χ2n) is 3.42. The first-order chi connectivity index (χ1) is 6.29. The molecular weight excluding hydrogens is 160 g/mol. The molecule has 13 heavy (non-hydrogen) atoms. The molecule has 0 radical (unpaired) electrons. The predicted molar refractivity (Wildman–Crippen MR) is 58.0 cm³/mol. The Morgan fingerprint density at radius 3 is 2.62 bits per heavy atom. The number of nitrogens with zero attached hydrogens (tertiary/aromatic N) is 1. The molecule has 0 unspecified atom stereocenters. The lowest BCUT2D eigenvalue weighted by Gasteiger charge is -1.99. The van der Waals surface area contributed by atoms with Crippen molar-refractivity contribution in [2.75, 3.05) is 5.43 Å². The number of hydrogen-bond donors (Lipinski definition) is 1. The van der Waals surface area contributed by atoms with E-state index in [1.807, 2.05) is 36.5 Å². The maximum atomic E-state index is 4.11. The monoisotopic (exact) mass is 176 g/mol. The Kier molecular flexibility index (Phi) is 4.03. The Bertz CT molecular complexity index is 252. The van der Waals surface area contributed by atoms with Gasteiger partial charge in [0.05, 0.1) is 5.69 Å². The van der Waals surface area contributed by atoms with Gasteiger partial charge in [-0.25, -0.2) is 0 Å². The molecule has 0 aliphatic rings. The van der Waals surface area contributed by atoms with E-state index in [1.54, 1.807) is 0 Å². The minimum Gasteiger partial charge on any atom is -0.279 e. The second kappa shape index (κ2) is 5.36. The molecule has 2 nitrogen and oxygen atoms in total. The number of para-hydroxylation sites is 1. The third-order valence-corrected chi connectivity index (χ3v) is 1.64. The summed E-state index contributed by atoms with van der Waals surface area (Å²) in [6.07, 6.45) is 2.93. The van der Waals surface area contributed by atoms with Crippen molar-refractivity contribution in [3.63, 3.8) is 0 Å². The highest BCUT2D eigenvalue weighted by atomic mass is 15.3. The van der Waals surface area contributed by atoms with E-state index >= 15 is 0 Å². The average Bonchev–Trinajstić information content (AvgIpc) is 2.14. The molecule has 0 spiro atoms. The predicted octanol–water partition coefficient (Wildman–Crippen LogP) is 3.13. The maximum Gasteiger partial charge on any atom is 0.0561 e. The second-order valence-corrected chi connectivity index (χ2v) is 3.42. The van der Waals surface area contributed by atoms with Gasteiger partial charge >= 0.3 is 0 Å². The number of anilines is 1. The topological polar surface area (TPSA) is 24.4 Å². The minimum atomic E-state index is 0.668. The molecule has 0 saturated heterocycles. The molecule has 0 bridgehead atoms. The van der Waals surface area contributed by atoms with Gasteiger partial charge in [0.25, 0.3) is 0 Å². The zero-order chi connectivity index (χ0) is 9.52. The van der Waals surface area contributed by atoms with Crippen molar-refractivity contribution >= 4 is 11.9 Å². The molecule has 2 heteroatoms. The van der Waals surface area contributed by atoms with Crippen LogP contribution in [0.15, 0.2) is 35.4 Å². The van der Waals surface area contributed by atoms with Crippen molar-refractivity contribution in [2.24, 2.45) is 11.0 Å². The Morgan fingerprint density at radius 1 is 1.31 bits per heavy atom. The summed E-state index contributed by atoms with van der Waals surface area (Å²) < 4.78 is 0. The molecule has 1 rings (SSSR count). The molecule has 0 saturated carbocycles. The van der Waals surface area contributed by atoms with Crippen molar-refractivity contribution in [3.8, 4) is 0 Å². The summed E-state index contributed by atoms with van der Waals surface area (Å²) in [7, 11) is 0. The summed E-state index contributed by atoms with van der Waals surface area (Å²) in [4.78, 5) is 0. The molecular formula is C11H16N2. The van der Waals surface area contributed by atoms with Gasteiger partial charge < -0.3 is 0 Å². The third-order valence-electron chi connectivity index (χ3n) is 1.64. The van der Waals surface area contributed by atoms with Crippen LogP contribution in [0.2, 0.25) is 0 Å². The van der Waals surface area contributed by atoms with E-state index in [9.17, 15) is 0 Å². The first-order valence-corrected chi connectivity index (χ1v) is 4.61. The van der Waals surface area contributed by atoms with Crippen LogP contribution >= 0.6 is 0 Å². The van der Waals surface area contributed by atoms with Gasteiger partial charge in [0.1, 0.15) is 0 Å². The lowest BCUT2D eigenvalue weighted by atomic mass is 10.2. The Morgan fingerprint density at radius 2 is 2.00 bits per heavy atom. The van der Waals surface area contributed by atoms with Crippen LogP contribution in [-0.4, -0.2) is 6.21 Å². The number of nitrogens with one attached hydrogen (secondary N) is 1. The molecule has 0 aromatic heterocycles. The van der Waals surface area contributed by atoms with Crippen LogP contribution in [0.5, 0.6) is 0 Å². The zero-order valence-corrected chi connectivity index (χ0v) is 8.20. The number of benzene rings is 1. The lowest BCUT2D eigenvalue weighted by Crippen LogP contribution is -1.92. The first kappa shape index (κ1) is 9.78. The van der Waals surface area contributed by atoms with Gasteiger partial charge in [-0.15, -0.1) is 0 Å². The third kappa shape index (κ3) is 4.31. The highest BCUT2D eigenvalue weighted by molar-refractivity contribution is 5.59. The van der Waals surface area contributed by atoms with E-state index < -0.39 is 0 Å². The molecule has 1 aromatic rings. The van der Waals surface area contributed by atoms with Gasteiger partial charge in [-0.2, -0.15) is 5.10 Å². The Labute approximate surface area is 79.7 Å². The number of hydrazone groups is 1. The van der Waals surface area contributed by atoms with Crippen LogP contribution in [0.4, 0.5) is 5.69 Å². The molecule has 0 amide bonds. The first-order valence-electron chi connectivity index (χ1n) is 4.61. The van der Waals surface area contributed by atoms with Crippen LogP contribution in [0, 0.1) is 5.92 Å². The van der Waals surface area contributed by atoms with Crippen molar-refractivity contribution in [1.29, 1.82) is 0 Å². The standard InChI is InChI=1S/C11H16N2/c1-10(2)8-9-12-13-11-6-4-3-5-7-11/h3-7,9-10,13H,8H2,1-2H3/b12-9-. The van der Waals surface area contributed by atoms with Crippen molar-refractivity contribution in [1.82, 2.24) is 0 Å². The largest absolute Gasteiger partial charge is 0.279 e. The molecule has 1 N–H and O–H groups in total. The Hall–Kier alpha value is -1.31. The number of hydrogen-bond acceptors (Lipinski definition) is 2. The maximum absolute atomic E-state index is 4.11. The fourth-order valence-electron chi connectivity index (χ4n) is 0.896.